The van der Waals surface area contributed by atoms with E-state index in [2.05, 4.69) is 62.4 Å². The van der Waals surface area contributed by atoms with Crippen molar-refractivity contribution >= 4 is 22.8 Å². The maximum atomic E-state index is 9.49. The van der Waals surface area contributed by atoms with Gasteiger partial charge in [-0.2, -0.15) is 10.1 Å². The summed E-state index contributed by atoms with van der Waals surface area (Å²) in [5.41, 5.74) is 10.3. The van der Waals surface area contributed by atoms with Gasteiger partial charge in [0.15, 0.2) is 5.82 Å². The van der Waals surface area contributed by atoms with Gasteiger partial charge in [0, 0.05) is 56.4 Å². The molecule has 0 unspecified atom stereocenters. The van der Waals surface area contributed by atoms with Crippen LogP contribution < -0.4 is 15.8 Å². The van der Waals surface area contributed by atoms with Crippen molar-refractivity contribution < 1.29 is 9.84 Å². The van der Waals surface area contributed by atoms with Gasteiger partial charge in [0.2, 0.25) is 5.95 Å². The van der Waals surface area contributed by atoms with Gasteiger partial charge in [-0.3, -0.25) is 9.58 Å². The molecule has 4 heterocycles. The maximum absolute atomic E-state index is 9.49. The highest BCUT2D eigenvalue weighted by Gasteiger charge is 2.49. The first-order chi connectivity index (χ1) is 17.4. The number of ether oxygens (including phenoxy) is 1. The van der Waals surface area contributed by atoms with E-state index in [-0.39, 0.29) is 18.6 Å². The number of hydrogen-bond donors (Lipinski definition) is 3. The molecule has 2 aliphatic rings. The molecule has 3 aromatic rings. The summed E-state index contributed by atoms with van der Waals surface area (Å²) in [5, 5.41) is 17.6. The zero-order valence-electron chi connectivity index (χ0n) is 21.6. The summed E-state index contributed by atoms with van der Waals surface area (Å²) in [6, 6.07) is 6.56. The molecule has 0 radical (unpaired) electrons. The number of aliphatic hydroxyl groups is 1. The summed E-state index contributed by atoms with van der Waals surface area (Å²) >= 11 is 0. The van der Waals surface area contributed by atoms with Crippen molar-refractivity contribution in [1.29, 1.82) is 0 Å². The fourth-order valence-corrected chi connectivity index (χ4v) is 5.97. The number of benzene rings is 1. The zero-order valence-corrected chi connectivity index (χ0v) is 21.6. The first-order valence-corrected chi connectivity index (χ1v) is 12.8. The largest absolute Gasteiger partial charge is 0.496 e. The lowest BCUT2D eigenvalue weighted by Gasteiger charge is -2.59. The van der Waals surface area contributed by atoms with E-state index in [0.29, 0.717) is 29.7 Å². The van der Waals surface area contributed by atoms with E-state index < -0.39 is 0 Å². The number of hydrogen-bond acceptors (Lipinski definition) is 9. The van der Waals surface area contributed by atoms with E-state index in [1.165, 1.54) is 31.7 Å². The quantitative estimate of drug-likeness (QED) is 0.369. The zero-order chi connectivity index (χ0) is 25.3. The Morgan fingerprint density at radius 3 is 2.67 bits per heavy atom. The van der Waals surface area contributed by atoms with Gasteiger partial charge in [-0.1, -0.05) is 25.5 Å². The van der Waals surface area contributed by atoms with Crippen molar-refractivity contribution in [2.24, 2.45) is 5.41 Å². The first kappa shape index (κ1) is 24.7. The second kappa shape index (κ2) is 10.2. The van der Waals surface area contributed by atoms with Crippen LogP contribution in [0.1, 0.15) is 37.3 Å². The minimum atomic E-state index is 0.0932. The standard InChI is InChI=1S/C26H38N8O2/c1-4-5-20(8-9-35)29-24-23-21(30-25(27)31-24)11-28-34(23)13-19-7-6-18(10-22(19)36-3)12-33-16-26(17-33)14-32(2)15-26/h6-7,10-11,20,35H,4-5,8-9,12-17H2,1-3H3,(H3,27,29,30,31)/t20-/m0/s1. The number of fused-ring (bicyclic) bond motifs is 1. The highest BCUT2D eigenvalue weighted by molar-refractivity contribution is 5.86. The minimum absolute atomic E-state index is 0.0932. The van der Waals surface area contributed by atoms with Crippen molar-refractivity contribution in [3.05, 3.63) is 35.5 Å². The maximum Gasteiger partial charge on any atom is 0.222 e. The molecule has 1 spiro atoms. The summed E-state index contributed by atoms with van der Waals surface area (Å²) < 4.78 is 7.68. The second-order valence-corrected chi connectivity index (χ2v) is 10.6. The molecule has 10 heteroatoms. The second-order valence-electron chi connectivity index (χ2n) is 10.6. The molecular weight excluding hydrogens is 456 g/mol. The minimum Gasteiger partial charge on any atom is -0.496 e. The number of nitrogens with two attached hydrogens (primary N) is 1. The van der Waals surface area contributed by atoms with Crippen LogP contribution >= 0.6 is 0 Å². The van der Waals surface area contributed by atoms with E-state index in [4.69, 9.17) is 10.5 Å². The summed E-state index contributed by atoms with van der Waals surface area (Å²) in [5.74, 6) is 1.70. The van der Waals surface area contributed by atoms with E-state index in [0.717, 1.165) is 36.2 Å². The molecule has 194 valence electrons. The topological polar surface area (TPSA) is 118 Å². The third kappa shape index (κ3) is 4.98. The highest BCUT2D eigenvalue weighted by Crippen LogP contribution is 2.39. The number of aromatic nitrogens is 4. The molecule has 0 aliphatic carbocycles. The van der Waals surface area contributed by atoms with Crippen LogP contribution in [0.15, 0.2) is 24.4 Å². The Bertz CT molecular complexity index is 1190. The number of anilines is 2. The monoisotopic (exact) mass is 494 g/mol. The third-order valence-electron chi connectivity index (χ3n) is 7.37. The molecule has 2 saturated heterocycles. The first-order valence-electron chi connectivity index (χ1n) is 12.8. The Morgan fingerprint density at radius 1 is 1.17 bits per heavy atom. The third-order valence-corrected chi connectivity index (χ3v) is 7.37. The molecule has 5 rings (SSSR count). The van der Waals surface area contributed by atoms with Gasteiger partial charge in [-0.05, 0) is 31.5 Å². The van der Waals surface area contributed by atoms with Gasteiger partial charge in [-0.15, -0.1) is 0 Å². The normalized spacial score (nSPS) is 18.2. The molecule has 2 aromatic heterocycles. The molecule has 4 N–H and O–H groups in total. The summed E-state index contributed by atoms with van der Waals surface area (Å²) in [6.07, 6.45) is 4.28. The van der Waals surface area contributed by atoms with Gasteiger partial charge < -0.3 is 25.8 Å². The van der Waals surface area contributed by atoms with Gasteiger partial charge >= 0.3 is 0 Å². The highest BCUT2D eigenvalue weighted by atomic mass is 16.5. The van der Waals surface area contributed by atoms with Gasteiger partial charge in [0.25, 0.3) is 0 Å². The van der Waals surface area contributed by atoms with Gasteiger partial charge in [0.05, 0.1) is 19.9 Å². The molecular formula is C26H38N8O2. The Kier molecular flexibility index (Phi) is 7.00. The lowest BCUT2D eigenvalue weighted by atomic mass is 9.73. The summed E-state index contributed by atoms with van der Waals surface area (Å²) in [4.78, 5) is 13.8. The number of methoxy groups -OCH3 is 1. The van der Waals surface area contributed by atoms with Crippen LogP contribution in [0.3, 0.4) is 0 Å². The van der Waals surface area contributed by atoms with E-state index in [1.807, 2.05) is 4.68 Å². The van der Waals surface area contributed by atoms with Crippen LogP contribution in [0.4, 0.5) is 11.8 Å². The molecule has 1 aromatic carbocycles. The van der Waals surface area contributed by atoms with Crippen LogP contribution in [0.25, 0.3) is 11.0 Å². The fourth-order valence-electron chi connectivity index (χ4n) is 5.97. The summed E-state index contributed by atoms with van der Waals surface area (Å²) in [7, 11) is 3.91. The van der Waals surface area contributed by atoms with Crippen molar-refractivity contribution in [3.63, 3.8) is 0 Å². The average Bonchev–Trinajstić information content (AvgIpc) is 3.20. The summed E-state index contributed by atoms with van der Waals surface area (Å²) in [6.45, 7) is 8.49. The number of nitrogen functional groups attached to an aromatic ring is 1. The van der Waals surface area contributed by atoms with E-state index in [9.17, 15) is 5.11 Å². The number of nitrogens with zero attached hydrogens (tertiary/aromatic N) is 6. The van der Waals surface area contributed by atoms with Crippen LogP contribution in [0.2, 0.25) is 0 Å². The van der Waals surface area contributed by atoms with Crippen molar-refractivity contribution in [1.82, 2.24) is 29.5 Å². The molecule has 0 amide bonds. The predicted octanol–water partition coefficient (Wildman–Crippen LogP) is 2.18. The Morgan fingerprint density at radius 2 is 1.97 bits per heavy atom. The molecule has 1 atom stereocenters. The Balaban J connectivity index is 1.34. The molecule has 2 fully saturated rings. The van der Waals surface area contributed by atoms with E-state index in [1.54, 1.807) is 13.3 Å². The smallest absolute Gasteiger partial charge is 0.222 e. The SMILES string of the molecule is CCC[C@@H](CCO)Nc1nc(N)nc2cnn(Cc3ccc(CN4CC5(CN(C)C5)C4)cc3OC)c12. The van der Waals surface area contributed by atoms with E-state index >= 15 is 0 Å². The van der Waals surface area contributed by atoms with Crippen LogP contribution in [-0.4, -0.2) is 87.6 Å². The fraction of sp³-hybridized carbons (Fsp3) is 0.577. The molecule has 36 heavy (non-hydrogen) atoms. The predicted molar refractivity (Wildman–Crippen MR) is 141 cm³/mol. The van der Waals surface area contributed by atoms with Gasteiger partial charge in [-0.25, -0.2) is 4.98 Å². The lowest BCUT2D eigenvalue weighted by molar-refractivity contribution is -0.107. The number of likely N-dealkylation sites (tertiary alicyclic amines) is 2. The Labute approximate surface area is 212 Å². The number of nitrogens with one attached hydrogen (secondary N) is 1. The van der Waals surface area contributed by atoms with Gasteiger partial charge in [0.1, 0.15) is 16.8 Å². The van der Waals surface area contributed by atoms with Crippen LogP contribution in [0, 0.1) is 5.41 Å². The number of aliphatic hydroxyl groups excluding tert-OH is 1. The number of rotatable bonds is 11. The molecule has 2 aliphatic heterocycles. The lowest BCUT2D eigenvalue weighted by Crippen LogP contribution is -2.70. The molecule has 0 bridgehead atoms. The van der Waals surface area contributed by atoms with Crippen LogP contribution in [0.5, 0.6) is 5.75 Å². The average molecular weight is 495 g/mol. The van der Waals surface area contributed by atoms with Crippen molar-refractivity contribution in [2.75, 3.05) is 58.0 Å². The Hall–Kier alpha value is -2.95. The molecule has 0 saturated carbocycles. The van der Waals surface area contributed by atoms with Crippen molar-refractivity contribution in [3.8, 4) is 5.75 Å². The van der Waals surface area contributed by atoms with Crippen molar-refractivity contribution in [2.45, 2.75) is 45.3 Å². The molecule has 10 nitrogen and oxygen atoms in total. The van der Waals surface area contributed by atoms with Crippen LogP contribution in [-0.2, 0) is 13.1 Å².